The number of ketones is 1. The third-order valence-corrected chi connectivity index (χ3v) is 10.7. The predicted molar refractivity (Wildman–Crippen MR) is 144 cm³/mol. The van der Waals surface area contributed by atoms with E-state index in [9.17, 15) is 47.7 Å². The molecule has 2 aliphatic heterocycles. The number of ether oxygens (including phenoxy) is 4. The van der Waals surface area contributed by atoms with Crippen molar-refractivity contribution in [2.45, 2.75) is 62.9 Å². The Labute approximate surface area is 254 Å². The lowest BCUT2D eigenvalue weighted by molar-refractivity contribution is -0.290. The van der Waals surface area contributed by atoms with Gasteiger partial charge in [0.1, 0.15) is 12.2 Å². The summed E-state index contributed by atoms with van der Waals surface area (Å²) in [5.74, 6) is -8.44. The largest absolute Gasteiger partial charge is 0.504 e. The number of Topliss-reactive ketones (excluding diaryl/α,β-unsaturated/α-hetero) is 1. The number of hydrogen-bond donors (Lipinski definition) is 3. The highest BCUT2D eigenvalue weighted by molar-refractivity contribution is 5.96. The van der Waals surface area contributed by atoms with Gasteiger partial charge in [-0.25, -0.2) is 14.4 Å². The van der Waals surface area contributed by atoms with E-state index in [-0.39, 0.29) is 24.5 Å². The molecule has 3 aliphatic carbocycles. The van der Waals surface area contributed by atoms with Crippen molar-refractivity contribution in [2.75, 3.05) is 13.7 Å². The Hall–Kier alpha value is -3.75. The molecule has 3 unspecified atom stereocenters. The van der Waals surface area contributed by atoms with Crippen LogP contribution in [-0.2, 0) is 38.1 Å². The van der Waals surface area contributed by atoms with Crippen molar-refractivity contribution in [3.63, 3.8) is 0 Å². The van der Waals surface area contributed by atoms with Gasteiger partial charge in [0.25, 0.3) is 0 Å². The van der Waals surface area contributed by atoms with Gasteiger partial charge in [-0.3, -0.25) is 4.79 Å². The molecule has 2 saturated heterocycles. The second-order valence-electron chi connectivity index (χ2n) is 12.7. The maximum atomic E-state index is 14.0. The van der Waals surface area contributed by atoms with Crippen LogP contribution in [0.3, 0.4) is 0 Å². The number of aliphatic hydroxyl groups is 3. The van der Waals surface area contributed by atoms with E-state index in [0.717, 1.165) is 19.2 Å². The molecule has 3 N–H and O–H groups in total. The van der Waals surface area contributed by atoms with Crippen LogP contribution in [0.4, 0.5) is 13.2 Å². The Bertz CT molecular complexity index is 1540. The zero-order chi connectivity index (χ0) is 32.9. The maximum Gasteiger partial charge on any atom is 0.417 e. The van der Waals surface area contributed by atoms with Gasteiger partial charge in [-0.05, 0) is 35.8 Å². The Morgan fingerprint density at radius 1 is 1.11 bits per heavy atom. The molecule has 11 nitrogen and oxygen atoms in total. The summed E-state index contributed by atoms with van der Waals surface area (Å²) >= 11 is 0. The van der Waals surface area contributed by atoms with Gasteiger partial charge in [0.05, 0.1) is 31.3 Å². The molecule has 4 fully saturated rings. The summed E-state index contributed by atoms with van der Waals surface area (Å²) in [4.78, 5) is 53.2. The first kappa shape index (κ1) is 31.2. The summed E-state index contributed by atoms with van der Waals surface area (Å²) in [6.45, 7) is 2.79. The van der Waals surface area contributed by atoms with E-state index in [1.165, 1.54) is 25.1 Å². The fourth-order valence-electron chi connectivity index (χ4n) is 9.08. The van der Waals surface area contributed by atoms with E-state index in [4.69, 9.17) is 18.9 Å². The topological polar surface area (TPSA) is 166 Å². The number of carbonyl (C=O) groups is 4. The highest BCUT2D eigenvalue weighted by Crippen LogP contribution is 2.72. The van der Waals surface area contributed by atoms with E-state index in [1.54, 1.807) is 6.92 Å². The Balaban J connectivity index is 1.50. The first-order valence-electron chi connectivity index (χ1n) is 14.3. The summed E-state index contributed by atoms with van der Waals surface area (Å²) < 4.78 is 64.2. The normalized spacial score (nSPS) is 40.7. The van der Waals surface area contributed by atoms with Crippen LogP contribution in [0.1, 0.15) is 32.3 Å². The number of alkyl halides is 3. The molecule has 2 bridgehead atoms. The van der Waals surface area contributed by atoms with Gasteiger partial charge in [-0.2, -0.15) is 13.2 Å². The van der Waals surface area contributed by atoms with Gasteiger partial charge >= 0.3 is 24.1 Å². The van der Waals surface area contributed by atoms with E-state index >= 15 is 0 Å². The van der Waals surface area contributed by atoms with Gasteiger partial charge in [-0.1, -0.05) is 37.3 Å². The molecule has 1 aromatic carbocycles. The fourth-order valence-corrected chi connectivity index (χ4v) is 9.08. The molecule has 1 spiro atoms. The molecular weight excluding hydrogens is 605 g/mol. The lowest BCUT2D eigenvalue weighted by Crippen LogP contribution is -2.79. The van der Waals surface area contributed by atoms with E-state index < -0.39 is 106 Å². The van der Waals surface area contributed by atoms with Crippen molar-refractivity contribution in [1.29, 1.82) is 0 Å². The molecule has 45 heavy (non-hydrogen) atoms. The molecule has 14 heteroatoms. The number of esters is 3. The zero-order valence-electron chi connectivity index (χ0n) is 24.4. The number of fused-ring (bicyclic) bond motifs is 2. The zero-order valence-corrected chi connectivity index (χ0v) is 24.4. The monoisotopic (exact) mass is 636 g/mol. The van der Waals surface area contributed by atoms with Crippen molar-refractivity contribution in [1.82, 2.24) is 0 Å². The average molecular weight is 637 g/mol. The first-order chi connectivity index (χ1) is 21.1. The van der Waals surface area contributed by atoms with Crippen molar-refractivity contribution in [3.8, 4) is 0 Å². The van der Waals surface area contributed by atoms with E-state index in [2.05, 4.69) is 0 Å². The summed E-state index contributed by atoms with van der Waals surface area (Å²) in [7, 11) is 0.976. The lowest BCUT2D eigenvalue weighted by atomic mass is 9.38. The highest BCUT2D eigenvalue weighted by atomic mass is 19.4. The molecule has 10 atom stereocenters. The predicted octanol–water partition coefficient (Wildman–Crippen LogP) is 2.20. The highest BCUT2D eigenvalue weighted by Gasteiger charge is 2.85. The number of hydrogen-bond acceptors (Lipinski definition) is 11. The van der Waals surface area contributed by atoms with Crippen molar-refractivity contribution in [2.24, 2.45) is 28.6 Å². The molecule has 5 aliphatic rings. The minimum Gasteiger partial charge on any atom is -0.504 e. The molecule has 0 radical (unpaired) electrons. The van der Waals surface area contributed by atoms with Gasteiger partial charge < -0.3 is 34.3 Å². The summed E-state index contributed by atoms with van der Waals surface area (Å²) in [6.07, 6.45) is -12.2. The standard InChI is InChI=1S/C31H31F3O11/c1-13-15-9-18-29-12-43-30(27(41)42-3,25(39)21(38)23(29)28(15,2)11-17(35)20(13)37)24(29)22(26(40)44-18)45-19(36)10-16(31(32,33)34)14-7-5-4-6-8-14/h4-8,10,15,18,21-25,37-39H,9,11-12H2,1-3H3/t15?,18-,21-,22-,23?,24-,25?,28+,29-,30+/m1/s1. The molecule has 0 amide bonds. The SMILES string of the molecule is COC(=O)[C@@]12OC[C@]34C([C@@H](O)C1O)[C@@]1(C)CC(=O)C(O)=C(C)C1C[C@H]3OC(=O)[C@H](OC(=O)C=C(c1ccccc1)C(F)(F)F)[C@H]42. The van der Waals surface area contributed by atoms with Crippen molar-refractivity contribution < 1.29 is 66.6 Å². The maximum absolute atomic E-state index is 14.0. The van der Waals surface area contributed by atoms with E-state index in [0.29, 0.717) is 5.57 Å². The van der Waals surface area contributed by atoms with Gasteiger partial charge in [0.2, 0.25) is 11.7 Å². The van der Waals surface area contributed by atoms with Gasteiger partial charge in [-0.15, -0.1) is 0 Å². The number of allylic oxidation sites excluding steroid dienone is 3. The van der Waals surface area contributed by atoms with Crippen molar-refractivity contribution >= 4 is 29.3 Å². The fraction of sp³-hybridized carbons (Fsp3) is 0.548. The molecule has 1 aromatic rings. The Morgan fingerprint density at radius 2 is 1.78 bits per heavy atom. The number of halogens is 3. The van der Waals surface area contributed by atoms with Gasteiger partial charge in [0, 0.05) is 23.8 Å². The van der Waals surface area contributed by atoms with Gasteiger partial charge in [0.15, 0.2) is 11.5 Å². The van der Waals surface area contributed by atoms with Crippen LogP contribution in [0.25, 0.3) is 5.57 Å². The summed E-state index contributed by atoms with van der Waals surface area (Å²) in [5, 5.41) is 33.8. The smallest absolute Gasteiger partial charge is 0.417 e. The Morgan fingerprint density at radius 3 is 2.40 bits per heavy atom. The molecule has 2 saturated carbocycles. The van der Waals surface area contributed by atoms with Crippen LogP contribution in [-0.4, -0.2) is 88.9 Å². The quantitative estimate of drug-likeness (QED) is 0.252. The number of methoxy groups -OCH3 is 1. The number of benzene rings is 1. The molecule has 0 aromatic heterocycles. The molecule has 6 rings (SSSR count). The summed E-state index contributed by atoms with van der Waals surface area (Å²) in [5.41, 5.74) is -6.66. The minimum atomic E-state index is -5.00. The average Bonchev–Trinajstić information content (AvgIpc) is 3.29. The molecule has 2 heterocycles. The third-order valence-electron chi connectivity index (χ3n) is 10.7. The lowest BCUT2D eigenvalue weighted by Gasteiger charge is -2.67. The first-order valence-corrected chi connectivity index (χ1v) is 14.3. The van der Waals surface area contributed by atoms with Crippen LogP contribution in [0.2, 0.25) is 0 Å². The Kier molecular flexibility index (Phi) is 7.03. The molecule has 242 valence electrons. The molecular formula is C31H31F3O11. The van der Waals surface area contributed by atoms with E-state index in [1.807, 2.05) is 0 Å². The van der Waals surface area contributed by atoms with Crippen LogP contribution in [0.5, 0.6) is 0 Å². The number of carbonyl (C=O) groups excluding carboxylic acids is 4. The van der Waals surface area contributed by atoms with Crippen LogP contribution >= 0.6 is 0 Å². The van der Waals surface area contributed by atoms with Crippen LogP contribution in [0.15, 0.2) is 47.7 Å². The van der Waals surface area contributed by atoms with Crippen LogP contribution in [0, 0.1) is 28.6 Å². The number of rotatable bonds is 4. The number of aliphatic hydroxyl groups excluding tert-OH is 3. The second kappa shape index (κ2) is 10.1. The van der Waals surface area contributed by atoms with Crippen LogP contribution < -0.4 is 0 Å². The second-order valence-corrected chi connectivity index (χ2v) is 12.7. The van der Waals surface area contributed by atoms with Crippen molar-refractivity contribution in [3.05, 3.63) is 53.3 Å². The third kappa shape index (κ3) is 4.07. The minimum absolute atomic E-state index is 0.00857. The summed E-state index contributed by atoms with van der Waals surface area (Å²) in [6, 6.07) is 6.43.